The number of nitrogens with one attached hydrogen (secondary N) is 1. The lowest BCUT2D eigenvalue weighted by atomic mass is 10.5. The Bertz CT molecular complexity index is 329. The molecule has 0 aromatic carbocycles. The summed E-state index contributed by atoms with van der Waals surface area (Å²) in [7, 11) is 0. The topological polar surface area (TPSA) is 122 Å². The molecule has 1 fully saturated rings. The fraction of sp³-hybridized carbons (Fsp3) is 0.700. The van der Waals surface area contributed by atoms with Crippen LogP contribution in [-0.2, 0) is 14.3 Å². The van der Waals surface area contributed by atoms with Gasteiger partial charge in [-0.05, 0) is 12.8 Å². The molecule has 102 valence electrons. The smallest absolute Gasteiger partial charge is 0.323 e. The molecule has 1 aliphatic rings. The van der Waals surface area contributed by atoms with Crippen LogP contribution in [0.4, 0.5) is 4.79 Å². The van der Waals surface area contributed by atoms with Crippen LogP contribution in [0.3, 0.4) is 0 Å². The van der Waals surface area contributed by atoms with Crippen molar-refractivity contribution in [2.75, 3.05) is 26.3 Å². The lowest BCUT2D eigenvalue weighted by molar-refractivity contribution is -0.137. The lowest BCUT2D eigenvalue weighted by Crippen LogP contribution is -2.45. The number of primary amides is 1. The minimum Gasteiger partial charge on any atom is -0.480 e. The molecule has 0 unspecified atom stereocenters. The molecule has 0 aliphatic heterocycles. The molecule has 0 aromatic rings. The summed E-state index contributed by atoms with van der Waals surface area (Å²) in [5.41, 5.74) is 4.86. The van der Waals surface area contributed by atoms with Crippen LogP contribution in [0.15, 0.2) is 0 Å². The van der Waals surface area contributed by atoms with Crippen LogP contribution in [0, 0.1) is 0 Å². The SMILES string of the molecule is NC(=O)COCCNC(=O)N(CC(=O)O)C1CC1. The highest BCUT2D eigenvalue weighted by molar-refractivity contribution is 5.80. The van der Waals surface area contributed by atoms with Crippen LogP contribution >= 0.6 is 0 Å². The van der Waals surface area contributed by atoms with E-state index in [4.69, 9.17) is 15.6 Å². The number of carbonyl (C=O) groups is 3. The average molecular weight is 259 g/mol. The monoisotopic (exact) mass is 259 g/mol. The maximum atomic E-state index is 11.7. The van der Waals surface area contributed by atoms with E-state index in [1.807, 2.05) is 0 Å². The van der Waals surface area contributed by atoms with Gasteiger partial charge in [-0.3, -0.25) is 9.59 Å². The van der Waals surface area contributed by atoms with Gasteiger partial charge in [0.25, 0.3) is 0 Å². The van der Waals surface area contributed by atoms with Gasteiger partial charge in [0.05, 0.1) is 6.61 Å². The van der Waals surface area contributed by atoms with E-state index >= 15 is 0 Å². The molecule has 0 radical (unpaired) electrons. The molecule has 1 aliphatic carbocycles. The fourth-order valence-corrected chi connectivity index (χ4v) is 1.40. The lowest BCUT2D eigenvalue weighted by Gasteiger charge is -2.20. The summed E-state index contributed by atoms with van der Waals surface area (Å²) < 4.78 is 4.86. The number of urea groups is 1. The van der Waals surface area contributed by atoms with Crippen LogP contribution < -0.4 is 11.1 Å². The third-order valence-corrected chi connectivity index (χ3v) is 2.32. The third kappa shape index (κ3) is 5.48. The standard InChI is InChI=1S/C10H17N3O5/c11-8(14)6-18-4-3-12-10(17)13(5-9(15)16)7-1-2-7/h7H,1-6H2,(H2,11,14)(H,12,17)(H,15,16). The quantitative estimate of drug-likeness (QED) is 0.470. The molecule has 0 aromatic heterocycles. The number of aliphatic carboxylic acids is 1. The zero-order chi connectivity index (χ0) is 13.5. The van der Waals surface area contributed by atoms with Crippen molar-refractivity contribution in [3.05, 3.63) is 0 Å². The van der Waals surface area contributed by atoms with Crippen molar-refractivity contribution in [1.82, 2.24) is 10.2 Å². The van der Waals surface area contributed by atoms with Crippen LogP contribution in [0.5, 0.6) is 0 Å². The number of carbonyl (C=O) groups excluding carboxylic acids is 2. The van der Waals surface area contributed by atoms with Crippen molar-refractivity contribution in [3.63, 3.8) is 0 Å². The fourth-order valence-electron chi connectivity index (χ4n) is 1.40. The molecule has 8 nitrogen and oxygen atoms in total. The molecule has 1 saturated carbocycles. The van der Waals surface area contributed by atoms with Crippen molar-refractivity contribution in [2.24, 2.45) is 5.73 Å². The predicted octanol–water partition coefficient (Wildman–Crippen LogP) is -1.25. The molecule has 0 saturated heterocycles. The van der Waals surface area contributed by atoms with Gasteiger partial charge in [0, 0.05) is 12.6 Å². The number of hydrogen-bond acceptors (Lipinski definition) is 4. The molecule has 4 N–H and O–H groups in total. The molecule has 0 atom stereocenters. The van der Waals surface area contributed by atoms with E-state index in [9.17, 15) is 14.4 Å². The van der Waals surface area contributed by atoms with E-state index < -0.39 is 17.9 Å². The van der Waals surface area contributed by atoms with Gasteiger partial charge < -0.3 is 25.8 Å². The van der Waals surface area contributed by atoms with Gasteiger partial charge in [0.15, 0.2) is 0 Å². The summed E-state index contributed by atoms with van der Waals surface area (Å²) in [6.45, 7) is -0.148. The summed E-state index contributed by atoms with van der Waals surface area (Å²) in [6, 6.07) is -0.407. The Morgan fingerprint density at radius 3 is 2.56 bits per heavy atom. The Labute approximate surface area is 104 Å². The summed E-state index contributed by atoms with van der Waals surface area (Å²) in [5, 5.41) is 11.2. The maximum Gasteiger partial charge on any atom is 0.323 e. The van der Waals surface area contributed by atoms with Gasteiger partial charge in [-0.1, -0.05) is 0 Å². The van der Waals surface area contributed by atoms with Gasteiger partial charge in [0.1, 0.15) is 13.2 Å². The first-order chi connectivity index (χ1) is 8.50. The summed E-state index contributed by atoms with van der Waals surface area (Å²) in [5.74, 6) is -1.62. The minimum atomic E-state index is -1.04. The van der Waals surface area contributed by atoms with Crippen LogP contribution in [0.2, 0.25) is 0 Å². The van der Waals surface area contributed by atoms with Crippen LogP contribution in [0.25, 0.3) is 0 Å². The van der Waals surface area contributed by atoms with Crippen molar-refractivity contribution >= 4 is 17.9 Å². The predicted molar refractivity (Wildman–Crippen MR) is 60.8 cm³/mol. The van der Waals surface area contributed by atoms with Gasteiger partial charge >= 0.3 is 12.0 Å². The number of hydrogen-bond donors (Lipinski definition) is 3. The molecule has 3 amide bonds. The molecule has 0 heterocycles. The van der Waals surface area contributed by atoms with E-state index in [0.29, 0.717) is 0 Å². The Balaban J connectivity index is 2.20. The van der Waals surface area contributed by atoms with Gasteiger partial charge in [-0.15, -0.1) is 0 Å². The zero-order valence-electron chi connectivity index (χ0n) is 9.92. The Morgan fingerprint density at radius 1 is 1.39 bits per heavy atom. The molecular weight excluding hydrogens is 242 g/mol. The molecule has 8 heteroatoms. The first-order valence-corrected chi connectivity index (χ1v) is 5.63. The summed E-state index contributed by atoms with van der Waals surface area (Å²) >= 11 is 0. The second-order valence-electron chi connectivity index (χ2n) is 4.00. The summed E-state index contributed by atoms with van der Waals surface area (Å²) in [4.78, 5) is 33.9. The Hall–Kier alpha value is -1.83. The summed E-state index contributed by atoms with van der Waals surface area (Å²) in [6.07, 6.45) is 1.66. The largest absolute Gasteiger partial charge is 0.480 e. The number of carboxylic acid groups (broad SMARTS) is 1. The molecular formula is C10H17N3O5. The van der Waals surface area contributed by atoms with E-state index in [0.717, 1.165) is 12.8 Å². The third-order valence-electron chi connectivity index (χ3n) is 2.32. The highest BCUT2D eigenvalue weighted by atomic mass is 16.5. The van der Waals surface area contributed by atoms with E-state index in [-0.39, 0.29) is 32.3 Å². The highest BCUT2D eigenvalue weighted by Gasteiger charge is 2.33. The number of rotatable bonds is 8. The van der Waals surface area contributed by atoms with Gasteiger partial charge in [0.2, 0.25) is 5.91 Å². The van der Waals surface area contributed by atoms with E-state index in [2.05, 4.69) is 5.32 Å². The van der Waals surface area contributed by atoms with E-state index in [1.54, 1.807) is 0 Å². The molecule has 1 rings (SSSR count). The number of nitrogens with zero attached hydrogens (tertiary/aromatic N) is 1. The van der Waals surface area contributed by atoms with Crippen molar-refractivity contribution < 1.29 is 24.2 Å². The number of ether oxygens (including phenoxy) is 1. The highest BCUT2D eigenvalue weighted by Crippen LogP contribution is 2.26. The second-order valence-corrected chi connectivity index (χ2v) is 4.00. The number of amides is 3. The molecule has 18 heavy (non-hydrogen) atoms. The van der Waals surface area contributed by atoms with Crippen molar-refractivity contribution in [3.8, 4) is 0 Å². The van der Waals surface area contributed by atoms with Gasteiger partial charge in [-0.25, -0.2) is 4.79 Å². The van der Waals surface area contributed by atoms with Crippen molar-refractivity contribution in [2.45, 2.75) is 18.9 Å². The van der Waals surface area contributed by atoms with E-state index in [1.165, 1.54) is 4.90 Å². The second kappa shape index (κ2) is 6.80. The first kappa shape index (κ1) is 14.2. The maximum absolute atomic E-state index is 11.7. The average Bonchev–Trinajstić information content (AvgIpc) is 3.08. The van der Waals surface area contributed by atoms with Crippen LogP contribution in [0.1, 0.15) is 12.8 Å². The minimum absolute atomic E-state index is 0.0210. The van der Waals surface area contributed by atoms with Gasteiger partial charge in [-0.2, -0.15) is 0 Å². The zero-order valence-corrected chi connectivity index (χ0v) is 9.92. The van der Waals surface area contributed by atoms with Crippen LogP contribution in [-0.4, -0.2) is 60.3 Å². The Kier molecular flexibility index (Phi) is 5.37. The normalized spacial score (nSPS) is 14.0. The van der Waals surface area contributed by atoms with Crippen molar-refractivity contribution in [1.29, 1.82) is 0 Å². The number of nitrogens with two attached hydrogens (primary N) is 1. The Morgan fingerprint density at radius 2 is 2.06 bits per heavy atom. The molecule has 0 spiro atoms. The first-order valence-electron chi connectivity index (χ1n) is 5.63. The molecule has 0 bridgehead atoms. The number of carboxylic acids is 1.